The van der Waals surface area contributed by atoms with Crippen LogP contribution in [0.2, 0.25) is 0 Å². The number of nitrogens with two attached hydrogens (primary N) is 1. The fourth-order valence-corrected chi connectivity index (χ4v) is 3.16. The van der Waals surface area contributed by atoms with Crippen molar-refractivity contribution in [2.75, 3.05) is 27.2 Å². The third kappa shape index (κ3) is 3.19. The lowest BCUT2D eigenvalue weighted by molar-refractivity contribution is -0.125. The summed E-state index contributed by atoms with van der Waals surface area (Å²) in [7, 11) is 4.06. The molecule has 100 valence electrons. The van der Waals surface area contributed by atoms with Crippen LogP contribution in [0.25, 0.3) is 0 Å². The second-order valence-corrected chi connectivity index (χ2v) is 6.51. The van der Waals surface area contributed by atoms with Crippen LogP contribution in [0.5, 0.6) is 0 Å². The highest BCUT2D eigenvalue weighted by Crippen LogP contribution is 2.47. The maximum absolute atomic E-state index is 11.8. The molecule has 0 spiro atoms. The van der Waals surface area contributed by atoms with Crippen molar-refractivity contribution >= 4 is 5.91 Å². The highest BCUT2D eigenvalue weighted by molar-refractivity contribution is 5.85. The summed E-state index contributed by atoms with van der Waals surface area (Å²) in [4.78, 5) is 13.9. The van der Waals surface area contributed by atoms with Gasteiger partial charge < -0.3 is 16.0 Å². The number of likely N-dealkylation sites (N-methyl/N-ethyl adjacent to an activating group) is 1. The summed E-state index contributed by atoms with van der Waals surface area (Å²) in [5.41, 5.74) is 5.33. The molecular formula is C13H27N3O. The van der Waals surface area contributed by atoms with Crippen molar-refractivity contribution in [1.29, 1.82) is 0 Å². The Morgan fingerprint density at radius 1 is 1.47 bits per heavy atom. The van der Waals surface area contributed by atoms with Crippen LogP contribution in [0.1, 0.15) is 33.6 Å². The lowest BCUT2D eigenvalue weighted by Crippen LogP contribution is -2.58. The molecule has 1 aliphatic carbocycles. The van der Waals surface area contributed by atoms with E-state index in [1.807, 2.05) is 14.1 Å². The summed E-state index contributed by atoms with van der Waals surface area (Å²) in [5, 5.41) is 3.42. The number of rotatable bonds is 5. The molecule has 0 aromatic rings. The molecule has 2 unspecified atom stereocenters. The van der Waals surface area contributed by atoms with Gasteiger partial charge in [0.15, 0.2) is 0 Å². The van der Waals surface area contributed by atoms with Gasteiger partial charge in [0.05, 0.1) is 0 Å². The molecule has 1 fully saturated rings. The topological polar surface area (TPSA) is 58.4 Å². The molecule has 0 saturated heterocycles. The number of nitrogens with one attached hydrogen (secondary N) is 1. The van der Waals surface area contributed by atoms with Crippen molar-refractivity contribution in [1.82, 2.24) is 10.2 Å². The van der Waals surface area contributed by atoms with Crippen LogP contribution in [0.3, 0.4) is 0 Å². The van der Waals surface area contributed by atoms with Gasteiger partial charge in [-0.2, -0.15) is 0 Å². The van der Waals surface area contributed by atoms with Crippen LogP contribution < -0.4 is 11.1 Å². The maximum atomic E-state index is 11.8. The molecule has 0 heterocycles. The molecule has 4 nitrogen and oxygen atoms in total. The zero-order valence-electron chi connectivity index (χ0n) is 11.8. The standard InChI is InChI=1S/C13H27N3O/c1-10-8-12(2,3)9-13(10,11(14)17)15-6-7-16(4)5/h10,15H,6-9H2,1-5H3,(H2,14,17). The summed E-state index contributed by atoms with van der Waals surface area (Å²) in [6, 6.07) is 0. The quantitative estimate of drug-likeness (QED) is 0.749. The molecule has 1 amide bonds. The molecule has 17 heavy (non-hydrogen) atoms. The number of carbonyl (C=O) groups is 1. The monoisotopic (exact) mass is 241 g/mol. The Balaban J connectivity index is 2.74. The Labute approximate surface area is 105 Å². The van der Waals surface area contributed by atoms with Gasteiger partial charge in [-0.25, -0.2) is 0 Å². The van der Waals surface area contributed by atoms with Crippen LogP contribution in [0.4, 0.5) is 0 Å². The van der Waals surface area contributed by atoms with E-state index in [1.54, 1.807) is 0 Å². The van der Waals surface area contributed by atoms with Crippen LogP contribution in [0.15, 0.2) is 0 Å². The Hall–Kier alpha value is -0.610. The normalized spacial score (nSPS) is 32.0. The van der Waals surface area contributed by atoms with Crippen LogP contribution >= 0.6 is 0 Å². The first-order valence-electron chi connectivity index (χ1n) is 6.39. The Morgan fingerprint density at radius 2 is 2.06 bits per heavy atom. The van der Waals surface area contributed by atoms with E-state index in [2.05, 4.69) is 31.0 Å². The van der Waals surface area contributed by atoms with Gasteiger partial charge in [-0.3, -0.25) is 4.79 Å². The van der Waals surface area contributed by atoms with Crippen LogP contribution in [-0.4, -0.2) is 43.5 Å². The molecule has 1 rings (SSSR count). The first-order chi connectivity index (χ1) is 7.69. The van der Waals surface area contributed by atoms with Gasteiger partial charge in [-0.1, -0.05) is 20.8 Å². The fourth-order valence-electron chi connectivity index (χ4n) is 3.16. The third-order valence-corrected chi connectivity index (χ3v) is 3.90. The minimum absolute atomic E-state index is 0.194. The SMILES string of the molecule is CC1CC(C)(C)CC1(NCCN(C)C)C(N)=O. The van der Waals surface area contributed by atoms with Crippen molar-refractivity contribution in [3.05, 3.63) is 0 Å². The highest BCUT2D eigenvalue weighted by Gasteiger charge is 2.52. The molecule has 0 aromatic heterocycles. The number of hydrogen-bond acceptors (Lipinski definition) is 3. The van der Waals surface area contributed by atoms with E-state index in [0.29, 0.717) is 5.92 Å². The van der Waals surface area contributed by atoms with E-state index < -0.39 is 5.54 Å². The molecule has 1 saturated carbocycles. The summed E-state index contributed by atoms with van der Waals surface area (Å²) in [6.07, 6.45) is 1.88. The van der Waals surface area contributed by atoms with E-state index in [-0.39, 0.29) is 11.3 Å². The molecule has 0 aliphatic heterocycles. The lowest BCUT2D eigenvalue weighted by atomic mass is 9.85. The molecule has 4 heteroatoms. The Bertz CT molecular complexity index is 288. The van der Waals surface area contributed by atoms with Crippen molar-refractivity contribution < 1.29 is 4.79 Å². The zero-order chi connectivity index (χ0) is 13.3. The van der Waals surface area contributed by atoms with Crippen LogP contribution in [0, 0.1) is 11.3 Å². The number of hydrogen-bond donors (Lipinski definition) is 2. The molecule has 1 aliphatic rings. The lowest BCUT2D eigenvalue weighted by Gasteiger charge is -2.33. The third-order valence-electron chi connectivity index (χ3n) is 3.90. The summed E-state index contributed by atoms with van der Waals surface area (Å²) in [6.45, 7) is 8.27. The number of primary amides is 1. The minimum Gasteiger partial charge on any atom is -0.368 e. The predicted molar refractivity (Wildman–Crippen MR) is 70.7 cm³/mol. The number of carbonyl (C=O) groups excluding carboxylic acids is 1. The van der Waals surface area contributed by atoms with Crippen molar-refractivity contribution in [2.24, 2.45) is 17.1 Å². The summed E-state index contributed by atoms with van der Waals surface area (Å²) >= 11 is 0. The predicted octanol–water partition coefficient (Wildman–Crippen LogP) is 0.818. The summed E-state index contributed by atoms with van der Waals surface area (Å²) in [5.74, 6) is 0.103. The first-order valence-corrected chi connectivity index (χ1v) is 6.39. The molecule has 0 aromatic carbocycles. The van der Waals surface area contributed by atoms with Gasteiger partial charge in [0.2, 0.25) is 5.91 Å². The molecule has 0 bridgehead atoms. The first kappa shape index (κ1) is 14.5. The second-order valence-electron chi connectivity index (χ2n) is 6.51. The van der Waals surface area contributed by atoms with Gasteiger partial charge in [0.1, 0.15) is 5.54 Å². The maximum Gasteiger partial charge on any atom is 0.238 e. The van der Waals surface area contributed by atoms with Crippen molar-refractivity contribution in [2.45, 2.75) is 39.2 Å². The van der Waals surface area contributed by atoms with E-state index in [1.165, 1.54) is 0 Å². The average molecular weight is 241 g/mol. The highest BCUT2D eigenvalue weighted by atomic mass is 16.1. The van der Waals surface area contributed by atoms with Crippen LogP contribution in [-0.2, 0) is 4.79 Å². The number of amides is 1. The Kier molecular flexibility index (Phi) is 4.20. The number of nitrogens with zero attached hydrogens (tertiary/aromatic N) is 1. The Morgan fingerprint density at radius 3 is 2.41 bits per heavy atom. The fraction of sp³-hybridized carbons (Fsp3) is 0.923. The average Bonchev–Trinajstić information content (AvgIpc) is 2.36. The van der Waals surface area contributed by atoms with E-state index in [0.717, 1.165) is 25.9 Å². The zero-order valence-corrected chi connectivity index (χ0v) is 11.8. The van der Waals surface area contributed by atoms with Gasteiger partial charge in [0.25, 0.3) is 0 Å². The van der Waals surface area contributed by atoms with Gasteiger partial charge in [-0.05, 0) is 38.3 Å². The molecule has 2 atom stereocenters. The van der Waals surface area contributed by atoms with E-state index in [9.17, 15) is 4.79 Å². The molecule has 0 radical (unpaired) electrons. The van der Waals surface area contributed by atoms with Gasteiger partial charge >= 0.3 is 0 Å². The van der Waals surface area contributed by atoms with Gasteiger partial charge in [-0.15, -0.1) is 0 Å². The second kappa shape index (κ2) is 4.94. The molecular weight excluding hydrogens is 214 g/mol. The van der Waals surface area contributed by atoms with E-state index >= 15 is 0 Å². The van der Waals surface area contributed by atoms with Gasteiger partial charge in [0, 0.05) is 13.1 Å². The van der Waals surface area contributed by atoms with E-state index in [4.69, 9.17) is 5.73 Å². The largest absolute Gasteiger partial charge is 0.368 e. The minimum atomic E-state index is -0.514. The smallest absolute Gasteiger partial charge is 0.238 e. The van der Waals surface area contributed by atoms with Crippen molar-refractivity contribution in [3.8, 4) is 0 Å². The van der Waals surface area contributed by atoms with Crippen molar-refractivity contribution in [3.63, 3.8) is 0 Å². The molecule has 3 N–H and O–H groups in total. The summed E-state index contributed by atoms with van der Waals surface area (Å²) < 4.78 is 0.